The molecule has 2 heterocycles. The Bertz CT molecular complexity index is 520. The molecule has 1 atom stereocenters. The van der Waals surface area contributed by atoms with Gasteiger partial charge >= 0.3 is 0 Å². The van der Waals surface area contributed by atoms with E-state index in [0.29, 0.717) is 5.02 Å². The number of nitrogens with one attached hydrogen (secondary N) is 2. The predicted molar refractivity (Wildman–Crippen MR) is 77.7 cm³/mol. The van der Waals surface area contributed by atoms with Crippen LogP contribution in [0.25, 0.3) is 0 Å². The van der Waals surface area contributed by atoms with Crippen molar-refractivity contribution in [2.24, 2.45) is 0 Å². The van der Waals surface area contributed by atoms with Crippen molar-refractivity contribution in [3.8, 4) is 0 Å². The van der Waals surface area contributed by atoms with E-state index in [1.165, 1.54) is 0 Å². The minimum Gasteiger partial charge on any atom is -0.308 e. The van der Waals surface area contributed by atoms with E-state index in [1.54, 1.807) is 12.4 Å². The molecule has 0 aliphatic heterocycles. The van der Waals surface area contributed by atoms with Crippen LogP contribution in [0, 0.1) is 0 Å². The van der Waals surface area contributed by atoms with Crippen LogP contribution in [0.3, 0.4) is 0 Å². The van der Waals surface area contributed by atoms with E-state index in [-0.39, 0.29) is 6.04 Å². The number of likely N-dealkylation sites (N-methyl/N-ethyl adjacent to an activating group) is 1. The fourth-order valence-corrected chi connectivity index (χ4v) is 2.28. The van der Waals surface area contributed by atoms with Gasteiger partial charge in [-0.1, -0.05) is 18.5 Å². The first kappa shape index (κ1) is 15.0. The molecule has 110 valence electrons. The van der Waals surface area contributed by atoms with Crippen LogP contribution in [0.5, 0.6) is 0 Å². The van der Waals surface area contributed by atoms with Crippen molar-refractivity contribution in [1.29, 1.82) is 0 Å². The molecule has 0 radical (unpaired) electrons. The summed E-state index contributed by atoms with van der Waals surface area (Å²) >= 11 is 6.31. The quantitative estimate of drug-likeness (QED) is 0.795. The first-order valence-corrected chi connectivity index (χ1v) is 6.96. The lowest BCUT2D eigenvalue weighted by Crippen LogP contribution is -2.27. The van der Waals surface area contributed by atoms with Gasteiger partial charge in [-0.2, -0.15) is 20.5 Å². The molecule has 8 heteroatoms. The average Bonchev–Trinajstić information content (AvgIpc) is 3.04. The zero-order chi connectivity index (χ0) is 14.5. The smallest absolute Gasteiger partial charge is 0.106 e. The fraction of sp³-hybridized carbons (Fsp3) is 0.583. The molecular formula is C12H20ClN7. The summed E-state index contributed by atoms with van der Waals surface area (Å²) in [5.41, 5.74) is 1.73. The Morgan fingerprint density at radius 3 is 2.85 bits per heavy atom. The molecule has 0 aliphatic rings. The standard InChI is InChI=1S/C12H20ClN7/c1-4-14-11(10-8-15-18-17-10)12-9(13)7-16-20(12)6-5-19(2)3/h7-8,11,14H,4-6H2,1-3H3,(H,15,17,18). The van der Waals surface area contributed by atoms with Gasteiger partial charge in [0, 0.05) is 6.54 Å². The molecule has 2 aromatic rings. The van der Waals surface area contributed by atoms with E-state index in [2.05, 4.69) is 30.7 Å². The molecule has 0 aliphatic carbocycles. The van der Waals surface area contributed by atoms with Crippen LogP contribution < -0.4 is 5.32 Å². The maximum atomic E-state index is 6.31. The van der Waals surface area contributed by atoms with Gasteiger partial charge in [-0.15, -0.1) is 0 Å². The number of aromatic nitrogens is 5. The Balaban J connectivity index is 2.30. The summed E-state index contributed by atoms with van der Waals surface area (Å²) in [7, 11) is 4.06. The van der Waals surface area contributed by atoms with Crippen molar-refractivity contribution in [2.45, 2.75) is 19.5 Å². The van der Waals surface area contributed by atoms with Gasteiger partial charge < -0.3 is 10.2 Å². The first-order valence-electron chi connectivity index (χ1n) is 6.58. The summed E-state index contributed by atoms with van der Waals surface area (Å²) in [5, 5.41) is 19.0. The van der Waals surface area contributed by atoms with E-state index in [1.807, 2.05) is 25.7 Å². The number of hydrogen-bond acceptors (Lipinski definition) is 5. The lowest BCUT2D eigenvalue weighted by atomic mass is 10.1. The van der Waals surface area contributed by atoms with Gasteiger partial charge in [0.05, 0.1) is 35.7 Å². The van der Waals surface area contributed by atoms with Crippen molar-refractivity contribution in [3.05, 3.63) is 28.8 Å². The van der Waals surface area contributed by atoms with Crippen molar-refractivity contribution in [1.82, 2.24) is 35.4 Å². The third-order valence-corrected chi connectivity index (χ3v) is 3.29. The molecule has 0 saturated heterocycles. The molecule has 2 aromatic heterocycles. The molecule has 0 saturated carbocycles. The summed E-state index contributed by atoms with van der Waals surface area (Å²) in [6.45, 7) is 4.51. The SMILES string of the molecule is CCNC(c1cn[nH]n1)c1c(Cl)cnn1CCN(C)C. The minimum absolute atomic E-state index is 0.115. The number of hydrogen-bond donors (Lipinski definition) is 2. The van der Waals surface area contributed by atoms with Crippen molar-refractivity contribution in [3.63, 3.8) is 0 Å². The van der Waals surface area contributed by atoms with Crippen molar-refractivity contribution < 1.29 is 0 Å². The van der Waals surface area contributed by atoms with Gasteiger partial charge in [-0.3, -0.25) is 4.68 Å². The van der Waals surface area contributed by atoms with Gasteiger partial charge in [-0.05, 0) is 20.6 Å². The highest BCUT2D eigenvalue weighted by atomic mass is 35.5. The summed E-state index contributed by atoms with van der Waals surface area (Å²) in [6.07, 6.45) is 3.38. The van der Waals surface area contributed by atoms with Crippen LogP contribution >= 0.6 is 11.6 Å². The van der Waals surface area contributed by atoms with Crippen molar-refractivity contribution >= 4 is 11.6 Å². The highest BCUT2D eigenvalue weighted by Crippen LogP contribution is 2.26. The molecule has 2 rings (SSSR count). The Morgan fingerprint density at radius 2 is 2.25 bits per heavy atom. The molecule has 20 heavy (non-hydrogen) atoms. The van der Waals surface area contributed by atoms with E-state index < -0.39 is 0 Å². The van der Waals surface area contributed by atoms with Gasteiger partial charge in [0.2, 0.25) is 0 Å². The number of halogens is 1. The summed E-state index contributed by atoms with van der Waals surface area (Å²) in [6, 6.07) is -0.115. The lowest BCUT2D eigenvalue weighted by molar-refractivity contribution is 0.365. The Labute approximate surface area is 123 Å². The maximum Gasteiger partial charge on any atom is 0.106 e. The third-order valence-electron chi connectivity index (χ3n) is 3.00. The van der Waals surface area contributed by atoms with Crippen LogP contribution in [0.15, 0.2) is 12.4 Å². The second kappa shape index (κ2) is 6.83. The summed E-state index contributed by atoms with van der Waals surface area (Å²) in [5.74, 6) is 0. The molecule has 0 spiro atoms. The zero-order valence-corrected chi connectivity index (χ0v) is 12.7. The van der Waals surface area contributed by atoms with Crippen LogP contribution in [-0.2, 0) is 6.54 Å². The molecular weight excluding hydrogens is 278 g/mol. The molecule has 1 unspecified atom stereocenters. The van der Waals surface area contributed by atoms with Gasteiger partial charge in [0.1, 0.15) is 5.69 Å². The summed E-state index contributed by atoms with van der Waals surface area (Å²) in [4.78, 5) is 2.11. The van der Waals surface area contributed by atoms with Crippen LogP contribution in [0.1, 0.15) is 24.4 Å². The number of nitrogens with zero attached hydrogens (tertiary/aromatic N) is 5. The normalized spacial score (nSPS) is 13.1. The number of H-pyrrole nitrogens is 1. The Hall–Kier alpha value is -1.44. The number of aromatic amines is 1. The second-order valence-electron chi connectivity index (χ2n) is 4.79. The zero-order valence-electron chi connectivity index (χ0n) is 12.0. The van der Waals surface area contributed by atoms with E-state index >= 15 is 0 Å². The highest BCUT2D eigenvalue weighted by Gasteiger charge is 2.23. The van der Waals surface area contributed by atoms with Gasteiger partial charge in [-0.25, -0.2) is 0 Å². The molecule has 2 N–H and O–H groups in total. The topological polar surface area (TPSA) is 74.7 Å². The Morgan fingerprint density at radius 1 is 1.45 bits per heavy atom. The predicted octanol–water partition coefficient (Wildman–Crippen LogP) is 0.915. The number of rotatable bonds is 7. The summed E-state index contributed by atoms with van der Waals surface area (Å²) < 4.78 is 1.92. The van der Waals surface area contributed by atoms with Gasteiger partial charge in [0.15, 0.2) is 0 Å². The van der Waals surface area contributed by atoms with E-state index in [0.717, 1.165) is 31.0 Å². The van der Waals surface area contributed by atoms with E-state index in [9.17, 15) is 0 Å². The van der Waals surface area contributed by atoms with Crippen LogP contribution in [0.2, 0.25) is 5.02 Å². The highest BCUT2D eigenvalue weighted by molar-refractivity contribution is 6.31. The van der Waals surface area contributed by atoms with Gasteiger partial charge in [0.25, 0.3) is 0 Å². The minimum atomic E-state index is -0.115. The molecule has 7 nitrogen and oxygen atoms in total. The van der Waals surface area contributed by atoms with Crippen LogP contribution in [-0.4, -0.2) is 57.3 Å². The Kier molecular flexibility index (Phi) is 5.11. The maximum absolute atomic E-state index is 6.31. The monoisotopic (exact) mass is 297 g/mol. The molecule has 0 bridgehead atoms. The molecule has 0 fully saturated rings. The second-order valence-corrected chi connectivity index (χ2v) is 5.20. The lowest BCUT2D eigenvalue weighted by Gasteiger charge is -2.19. The molecule has 0 aromatic carbocycles. The largest absolute Gasteiger partial charge is 0.308 e. The first-order chi connectivity index (χ1) is 9.63. The van der Waals surface area contributed by atoms with Crippen molar-refractivity contribution in [2.75, 3.05) is 27.2 Å². The fourth-order valence-electron chi connectivity index (χ4n) is 2.03. The third kappa shape index (κ3) is 3.36. The van der Waals surface area contributed by atoms with E-state index in [4.69, 9.17) is 11.6 Å². The van der Waals surface area contributed by atoms with Crippen LogP contribution in [0.4, 0.5) is 0 Å². The average molecular weight is 298 g/mol. The molecule has 0 amide bonds.